The van der Waals surface area contributed by atoms with Crippen molar-refractivity contribution in [3.8, 4) is 16.9 Å². The molecule has 0 spiro atoms. The monoisotopic (exact) mass is 227 g/mol. The van der Waals surface area contributed by atoms with Crippen LogP contribution in [0.2, 0.25) is 0 Å². The highest BCUT2D eigenvalue weighted by atomic mass is 16.5. The number of nitrogens with zero attached hydrogens (tertiary/aromatic N) is 1. The molecule has 0 atom stereocenters. The van der Waals surface area contributed by atoms with E-state index in [4.69, 9.17) is 4.74 Å². The van der Waals surface area contributed by atoms with Crippen molar-refractivity contribution in [2.24, 2.45) is 0 Å². The molecule has 0 unspecified atom stereocenters. The zero-order valence-electron chi connectivity index (χ0n) is 10.5. The van der Waals surface area contributed by atoms with Crippen LogP contribution in [0.15, 0.2) is 36.4 Å². The highest BCUT2D eigenvalue weighted by molar-refractivity contribution is 5.72. The van der Waals surface area contributed by atoms with Gasteiger partial charge in [-0.15, -0.1) is 0 Å². The summed E-state index contributed by atoms with van der Waals surface area (Å²) in [5.74, 6) is 0.920. The highest BCUT2D eigenvalue weighted by Gasteiger charge is 2.11. The van der Waals surface area contributed by atoms with E-state index in [-0.39, 0.29) is 0 Å². The van der Waals surface area contributed by atoms with Gasteiger partial charge in [-0.1, -0.05) is 30.3 Å². The van der Waals surface area contributed by atoms with Crippen LogP contribution in [0, 0.1) is 13.8 Å². The fourth-order valence-electron chi connectivity index (χ4n) is 2.02. The lowest BCUT2D eigenvalue weighted by atomic mass is 10.0. The molecule has 2 nitrogen and oxygen atoms in total. The molecule has 1 aromatic carbocycles. The molecular formula is C15H17NO. The Kier molecular flexibility index (Phi) is 3.43. The van der Waals surface area contributed by atoms with Gasteiger partial charge >= 0.3 is 0 Å². The van der Waals surface area contributed by atoms with Crippen LogP contribution in [0.25, 0.3) is 11.1 Å². The van der Waals surface area contributed by atoms with Crippen LogP contribution >= 0.6 is 0 Å². The molecule has 2 heteroatoms. The van der Waals surface area contributed by atoms with Gasteiger partial charge in [0.2, 0.25) is 0 Å². The summed E-state index contributed by atoms with van der Waals surface area (Å²) in [6.07, 6.45) is 0. The summed E-state index contributed by atoms with van der Waals surface area (Å²) >= 11 is 0. The standard InChI is InChI=1S/C15H17NO/c1-4-17-14-10-11(2)16-12(3)15(14)13-8-6-5-7-9-13/h5-10H,4H2,1-3H3. The van der Waals surface area contributed by atoms with Crippen LogP contribution in [0.4, 0.5) is 0 Å². The molecule has 88 valence electrons. The van der Waals surface area contributed by atoms with Crippen molar-refractivity contribution in [3.05, 3.63) is 47.8 Å². The van der Waals surface area contributed by atoms with E-state index in [1.54, 1.807) is 0 Å². The molecular weight excluding hydrogens is 210 g/mol. The van der Waals surface area contributed by atoms with E-state index in [2.05, 4.69) is 17.1 Å². The average molecular weight is 227 g/mol. The van der Waals surface area contributed by atoms with Gasteiger partial charge in [0.05, 0.1) is 6.61 Å². The molecule has 0 bridgehead atoms. The molecule has 0 N–H and O–H groups in total. The van der Waals surface area contributed by atoms with Gasteiger partial charge in [-0.3, -0.25) is 4.98 Å². The molecule has 0 radical (unpaired) electrons. The lowest BCUT2D eigenvalue weighted by Gasteiger charge is -2.13. The van der Waals surface area contributed by atoms with E-state index in [0.717, 1.165) is 28.3 Å². The first-order chi connectivity index (χ1) is 8.22. The Balaban J connectivity index is 2.59. The van der Waals surface area contributed by atoms with Crippen molar-refractivity contribution in [1.82, 2.24) is 4.98 Å². The smallest absolute Gasteiger partial charge is 0.130 e. The van der Waals surface area contributed by atoms with Gasteiger partial charge in [0.1, 0.15) is 5.75 Å². The maximum absolute atomic E-state index is 5.71. The van der Waals surface area contributed by atoms with Gasteiger partial charge in [0, 0.05) is 23.0 Å². The Morgan fingerprint density at radius 3 is 2.47 bits per heavy atom. The van der Waals surface area contributed by atoms with Crippen molar-refractivity contribution in [3.63, 3.8) is 0 Å². The summed E-state index contributed by atoms with van der Waals surface area (Å²) in [5, 5.41) is 0. The van der Waals surface area contributed by atoms with Gasteiger partial charge < -0.3 is 4.74 Å². The van der Waals surface area contributed by atoms with E-state index in [9.17, 15) is 0 Å². The second kappa shape index (κ2) is 5.00. The van der Waals surface area contributed by atoms with E-state index < -0.39 is 0 Å². The number of hydrogen-bond donors (Lipinski definition) is 0. The van der Waals surface area contributed by atoms with Crippen molar-refractivity contribution in [2.75, 3.05) is 6.61 Å². The largest absolute Gasteiger partial charge is 0.493 e. The average Bonchev–Trinajstić information content (AvgIpc) is 2.30. The first-order valence-electron chi connectivity index (χ1n) is 5.89. The minimum atomic E-state index is 0.669. The Bertz CT molecular complexity index is 506. The molecule has 2 rings (SSSR count). The van der Waals surface area contributed by atoms with Gasteiger partial charge in [-0.2, -0.15) is 0 Å². The molecule has 0 aliphatic rings. The number of aromatic nitrogens is 1. The number of hydrogen-bond acceptors (Lipinski definition) is 2. The topological polar surface area (TPSA) is 22.1 Å². The fourth-order valence-corrected chi connectivity index (χ4v) is 2.02. The van der Waals surface area contributed by atoms with Gasteiger partial charge in [-0.05, 0) is 26.3 Å². The predicted molar refractivity (Wildman–Crippen MR) is 70.3 cm³/mol. The number of ether oxygens (including phenoxy) is 1. The summed E-state index contributed by atoms with van der Waals surface area (Å²) < 4.78 is 5.71. The van der Waals surface area contributed by atoms with E-state index in [1.807, 2.05) is 45.0 Å². The molecule has 0 aliphatic heterocycles. The van der Waals surface area contributed by atoms with Crippen LogP contribution in [-0.4, -0.2) is 11.6 Å². The normalized spacial score (nSPS) is 10.3. The van der Waals surface area contributed by atoms with Crippen LogP contribution < -0.4 is 4.74 Å². The minimum Gasteiger partial charge on any atom is -0.493 e. The molecule has 2 aromatic rings. The first kappa shape index (κ1) is 11.6. The zero-order chi connectivity index (χ0) is 12.3. The lowest BCUT2D eigenvalue weighted by molar-refractivity contribution is 0.340. The highest BCUT2D eigenvalue weighted by Crippen LogP contribution is 2.32. The lowest BCUT2D eigenvalue weighted by Crippen LogP contribution is -1.99. The predicted octanol–water partition coefficient (Wildman–Crippen LogP) is 3.76. The van der Waals surface area contributed by atoms with E-state index >= 15 is 0 Å². The van der Waals surface area contributed by atoms with Crippen molar-refractivity contribution >= 4 is 0 Å². The second-order valence-corrected chi connectivity index (χ2v) is 4.02. The molecule has 0 saturated carbocycles. The van der Waals surface area contributed by atoms with E-state index in [1.165, 1.54) is 0 Å². The van der Waals surface area contributed by atoms with Crippen molar-refractivity contribution in [2.45, 2.75) is 20.8 Å². The molecule has 0 fully saturated rings. The first-order valence-corrected chi connectivity index (χ1v) is 5.89. The second-order valence-electron chi connectivity index (χ2n) is 4.02. The molecule has 0 aliphatic carbocycles. The number of benzene rings is 1. The third-order valence-electron chi connectivity index (χ3n) is 2.65. The molecule has 17 heavy (non-hydrogen) atoms. The van der Waals surface area contributed by atoms with Crippen LogP contribution in [-0.2, 0) is 0 Å². The number of rotatable bonds is 3. The SMILES string of the molecule is CCOc1cc(C)nc(C)c1-c1ccccc1. The summed E-state index contributed by atoms with van der Waals surface area (Å²) in [4.78, 5) is 4.51. The molecule has 0 amide bonds. The maximum Gasteiger partial charge on any atom is 0.130 e. The van der Waals surface area contributed by atoms with Gasteiger partial charge in [0.25, 0.3) is 0 Å². The third-order valence-corrected chi connectivity index (χ3v) is 2.65. The number of pyridine rings is 1. The summed E-state index contributed by atoms with van der Waals surface area (Å²) in [5.41, 5.74) is 4.25. The van der Waals surface area contributed by atoms with Crippen molar-refractivity contribution < 1.29 is 4.74 Å². The third kappa shape index (κ3) is 2.47. The van der Waals surface area contributed by atoms with Crippen LogP contribution in [0.1, 0.15) is 18.3 Å². The minimum absolute atomic E-state index is 0.669. The van der Waals surface area contributed by atoms with Gasteiger partial charge in [0.15, 0.2) is 0 Å². The Morgan fingerprint density at radius 1 is 1.12 bits per heavy atom. The summed E-state index contributed by atoms with van der Waals surface area (Å²) in [6, 6.07) is 12.2. The maximum atomic E-state index is 5.71. The summed E-state index contributed by atoms with van der Waals surface area (Å²) in [7, 11) is 0. The Hall–Kier alpha value is -1.83. The fraction of sp³-hybridized carbons (Fsp3) is 0.267. The molecule has 1 aromatic heterocycles. The van der Waals surface area contributed by atoms with Crippen LogP contribution in [0.3, 0.4) is 0 Å². The molecule has 1 heterocycles. The quantitative estimate of drug-likeness (QED) is 0.796. The van der Waals surface area contributed by atoms with E-state index in [0.29, 0.717) is 6.61 Å². The van der Waals surface area contributed by atoms with Gasteiger partial charge in [-0.25, -0.2) is 0 Å². The zero-order valence-corrected chi connectivity index (χ0v) is 10.5. The Labute approximate surface area is 102 Å². The summed E-state index contributed by atoms with van der Waals surface area (Å²) in [6.45, 7) is 6.69. The Morgan fingerprint density at radius 2 is 1.82 bits per heavy atom. The van der Waals surface area contributed by atoms with Crippen LogP contribution in [0.5, 0.6) is 5.75 Å². The number of aryl methyl sites for hydroxylation is 2. The molecule has 0 saturated heterocycles. The van der Waals surface area contributed by atoms with Crippen molar-refractivity contribution in [1.29, 1.82) is 0 Å².